The standard InChI is InChI=1S/C11H18N2O/c1-3-9(7-14)13-11-6-8(2)4-5-10(11)12/h4-6,9,13-14H,3,7,12H2,1-2H3. The van der Waals surface area contributed by atoms with Gasteiger partial charge in [0.25, 0.3) is 0 Å². The number of aliphatic hydroxyl groups excluding tert-OH is 1. The summed E-state index contributed by atoms with van der Waals surface area (Å²) in [5, 5.41) is 12.3. The second kappa shape index (κ2) is 4.86. The Kier molecular flexibility index (Phi) is 3.77. The number of nitrogens with two attached hydrogens (primary N) is 1. The highest BCUT2D eigenvalue weighted by Crippen LogP contribution is 2.20. The van der Waals surface area contributed by atoms with Crippen molar-refractivity contribution < 1.29 is 5.11 Å². The van der Waals surface area contributed by atoms with Gasteiger partial charge in [0.15, 0.2) is 0 Å². The number of aryl methyl sites for hydroxylation is 1. The maximum Gasteiger partial charge on any atom is 0.0632 e. The molecule has 0 saturated heterocycles. The Morgan fingerprint density at radius 1 is 1.50 bits per heavy atom. The fourth-order valence-electron chi connectivity index (χ4n) is 1.29. The Balaban J connectivity index is 2.79. The Bertz CT molecular complexity index is 295. The molecule has 1 unspecified atom stereocenters. The van der Waals surface area contributed by atoms with Crippen molar-refractivity contribution in [1.82, 2.24) is 0 Å². The first-order valence-corrected chi connectivity index (χ1v) is 4.91. The number of anilines is 2. The van der Waals surface area contributed by atoms with Crippen LogP contribution in [0.3, 0.4) is 0 Å². The quantitative estimate of drug-likeness (QED) is 0.640. The zero-order chi connectivity index (χ0) is 10.6. The van der Waals surface area contributed by atoms with Crippen molar-refractivity contribution in [3.05, 3.63) is 23.8 Å². The van der Waals surface area contributed by atoms with E-state index in [2.05, 4.69) is 5.32 Å². The van der Waals surface area contributed by atoms with E-state index in [1.807, 2.05) is 32.0 Å². The maximum atomic E-state index is 9.04. The van der Waals surface area contributed by atoms with Gasteiger partial charge in [0, 0.05) is 6.04 Å². The summed E-state index contributed by atoms with van der Waals surface area (Å²) in [6.45, 7) is 4.17. The topological polar surface area (TPSA) is 58.3 Å². The number of benzene rings is 1. The van der Waals surface area contributed by atoms with Crippen molar-refractivity contribution in [2.45, 2.75) is 26.3 Å². The molecule has 0 fully saturated rings. The molecule has 1 aromatic rings. The Morgan fingerprint density at radius 3 is 2.79 bits per heavy atom. The predicted molar refractivity (Wildman–Crippen MR) is 60.4 cm³/mol. The number of hydrogen-bond donors (Lipinski definition) is 3. The van der Waals surface area contributed by atoms with E-state index in [-0.39, 0.29) is 12.6 Å². The molecule has 0 spiro atoms. The lowest BCUT2D eigenvalue weighted by molar-refractivity contribution is 0.272. The summed E-state index contributed by atoms with van der Waals surface area (Å²) >= 11 is 0. The summed E-state index contributed by atoms with van der Waals surface area (Å²) < 4.78 is 0. The molecule has 0 amide bonds. The number of nitrogens with one attached hydrogen (secondary N) is 1. The summed E-state index contributed by atoms with van der Waals surface area (Å²) in [6, 6.07) is 5.93. The maximum absolute atomic E-state index is 9.04. The van der Waals surface area contributed by atoms with E-state index in [0.717, 1.165) is 23.4 Å². The normalized spacial score (nSPS) is 12.5. The average Bonchev–Trinajstić information content (AvgIpc) is 2.19. The van der Waals surface area contributed by atoms with Gasteiger partial charge in [-0.2, -0.15) is 0 Å². The smallest absolute Gasteiger partial charge is 0.0632 e. The van der Waals surface area contributed by atoms with Crippen molar-refractivity contribution in [2.24, 2.45) is 0 Å². The molecule has 0 radical (unpaired) electrons. The lowest BCUT2D eigenvalue weighted by atomic mass is 10.1. The van der Waals surface area contributed by atoms with Crippen LogP contribution in [-0.4, -0.2) is 17.8 Å². The van der Waals surface area contributed by atoms with Crippen LogP contribution in [0.15, 0.2) is 18.2 Å². The third-order valence-electron chi connectivity index (χ3n) is 2.28. The van der Waals surface area contributed by atoms with Crippen molar-refractivity contribution in [1.29, 1.82) is 0 Å². The highest BCUT2D eigenvalue weighted by Gasteiger charge is 2.06. The molecule has 0 saturated carbocycles. The van der Waals surface area contributed by atoms with E-state index in [1.54, 1.807) is 0 Å². The van der Waals surface area contributed by atoms with E-state index >= 15 is 0 Å². The number of rotatable bonds is 4. The number of hydrogen-bond acceptors (Lipinski definition) is 3. The van der Waals surface area contributed by atoms with Crippen LogP contribution in [-0.2, 0) is 0 Å². The Hall–Kier alpha value is -1.22. The zero-order valence-electron chi connectivity index (χ0n) is 8.75. The van der Waals surface area contributed by atoms with Crippen LogP contribution in [0.1, 0.15) is 18.9 Å². The molecule has 78 valence electrons. The lowest BCUT2D eigenvalue weighted by Crippen LogP contribution is -2.23. The van der Waals surface area contributed by atoms with Crippen molar-refractivity contribution >= 4 is 11.4 Å². The van der Waals surface area contributed by atoms with Gasteiger partial charge in [0.1, 0.15) is 0 Å². The molecule has 4 N–H and O–H groups in total. The summed E-state index contributed by atoms with van der Waals surface area (Å²) in [5.74, 6) is 0. The van der Waals surface area contributed by atoms with Crippen LogP contribution in [0.5, 0.6) is 0 Å². The van der Waals surface area contributed by atoms with Crippen molar-refractivity contribution in [2.75, 3.05) is 17.7 Å². The number of nitrogen functional groups attached to an aromatic ring is 1. The molecule has 1 aromatic carbocycles. The summed E-state index contributed by atoms with van der Waals surface area (Å²) in [7, 11) is 0. The minimum absolute atomic E-state index is 0.0825. The van der Waals surface area contributed by atoms with E-state index in [1.165, 1.54) is 0 Å². The molecule has 0 aliphatic rings. The second-order valence-electron chi connectivity index (χ2n) is 3.52. The molecule has 3 heteroatoms. The lowest BCUT2D eigenvalue weighted by Gasteiger charge is -2.17. The monoisotopic (exact) mass is 194 g/mol. The summed E-state index contributed by atoms with van der Waals surface area (Å²) in [4.78, 5) is 0. The van der Waals surface area contributed by atoms with Gasteiger partial charge >= 0.3 is 0 Å². The van der Waals surface area contributed by atoms with E-state index < -0.39 is 0 Å². The van der Waals surface area contributed by atoms with Gasteiger partial charge in [0.2, 0.25) is 0 Å². The van der Waals surface area contributed by atoms with Crippen LogP contribution < -0.4 is 11.1 Å². The SMILES string of the molecule is CCC(CO)Nc1cc(C)ccc1N. The third-order valence-corrected chi connectivity index (χ3v) is 2.28. The van der Waals surface area contributed by atoms with Gasteiger partial charge in [-0.25, -0.2) is 0 Å². The van der Waals surface area contributed by atoms with E-state index in [9.17, 15) is 0 Å². The zero-order valence-corrected chi connectivity index (χ0v) is 8.75. The molecule has 1 atom stereocenters. The van der Waals surface area contributed by atoms with Crippen LogP contribution in [0, 0.1) is 6.92 Å². The Labute approximate surface area is 84.9 Å². The van der Waals surface area contributed by atoms with Gasteiger partial charge in [-0.3, -0.25) is 0 Å². The average molecular weight is 194 g/mol. The van der Waals surface area contributed by atoms with Crippen molar-refractivity contribution in [3.8, 4) is 0 Å². The molecule has 0 aliphatic heterocycles. The predicted octanol–water partition coefficient (Wildman–Crippen LogP) is 1.76. The minimum Gasteiger partial charge on any atom is -0.397 e. The molecule has 14 heavy (non-hydrogen) atoms. The highest BCUT2D eigenvalue weighted by molar-refractivity contribution is 5.67. The third kappa shape index (κ3) is 2.64. The molecular weight excluding hydrogens is 176 g/mol. The van der Waals surface area contributed by atoms with E-state index in [4.69, 9.17) is 10.8 Å². The number of aliphatic hydroxyl groups is 1. The van der Waals surface area contributed by atoms with Crippen LogP contribution in [0.4, 0.5) is 11.4 Å². The molecule has 3 nitrogen and oxygen atoms in total. The van der Waals surface area contributed by atoms with Crippen LogP contribution in [0.2, 0.25) is 0 Å². The van der Waals surface area contributed by atoms with Crippen LogP contribution >= 0.6 is 0 Å². The van der Waals surface area contributed by atoms with E-state index in [0.29, 0.717) is 0 Å². The first kappa shape index (κ1) is 10.9. The first-order valence-electron chi connectivity index (χ1n) is 4.91. The highest BCUT2D eigenvalue weighted by atomic mass is 16.3. The second-order valence-corrected chi connectivity index (χ2v) is 3.52. The van der Waals surface area contributed by atoms with Crippen LogP contribution in [0.25, 0.3) is 0 Å². The summed E-state index contributed by atoms with van der Waals surface area (Å²) in [5.41, 5.74) is 8.60. The summed E-state index contributed by atoms with van der Waals surface area (Å²) in [6.07, 6.45) is 0.879. The molecule has 0 bridgehead atoms. The van der Waals surface area contributed by atoms with Gasteiger partial charge in [-0.1, -0.05) is 13.0 Å². The molecule has 0 heterocycles. The molecule has 0 aromatic heterocycles. The largest absolute Gasteiger partial charge is 0.397 e. The molecular formula is C11H18N2O. The van der Waals surface area contributed by atoms with Gasteiger partial charge in [0.05, 0.1) is 18.0 Å². The van der Waals surface area contributed by atoms with Gasteiger partial charge < -0.3 is 16.2 Å². The van der Waals surface area contributed by atoms with Gasteiger partial charge in [-0.15, -0.1) is 0 Å². The fourth-order valence-corrected chi connectivity index (χ4v) is 1.29. The minimum atomic E-state index is 0.0825. The van der Waals surface area contributed by atoms with Crippen molar-refractivity contribution in [3.63, 3.8) is 0 Å². The Morgan fingerprint density at radius 2 is 2.21 bits per heavy atom. The van der Waals surface area contributed by atoms with Gasteiger partial charge in [-0.05, 0) is 31.0 Å². The molecule has 1 rings (SSSR count). The molecule has 0 aliphatic carbocycles. The first-order chi connectivity index (χ1) is 6.67. The fraction of sp³-hybridized carbons (Fsp3) is 0.455.